The first kappa shape index (κ1) is 13.4. The average molecular weight is 320 g/mol. The maximum atomic E-state index is 13.3. The second kappa shape index (κ2) is 4.64. The van der Waals surface area contributed by atoms with Gasteiger partial charge in [0, 0.05) is 11.9 Å². The molecule has 1 saturated heterocycles. The van der Waals surface area contributed by atoms with Crippen LogP contribution in [0.4, 0.5) is 10.2 Å². The molecule has 4 rings (SSSR count). The molecule has 1 fully saturated rings. The summed E-state index contributed by atoms with van der Waals surface area (Å²) in [6.45, 7) is 0.322. The van der Waals surface area contributed by atoms with Crippen molar-refractivity contribution in [2.45, 2.75) is 11.7 Å². The molecule has 3 heterocycles. The number of rotatable bonds is 3. The lowest BCUT2D eigenvalue weighted by atomic mass is 10.2. The van der Waals surface area contributed by atoms with Crippen LogP contribution in [0.2, 0.25) is 0 Å². The minimum absolute atomic E-state index is 0.255. The highest BCUT2D eigenvalue weighted by atomic mass is 32.2. The van der Waals surface area contributed by atoms with E-state index in [2.05, 4.69) is 20.3 Å². The van der Waals surface area contributed by atoms with Crippen LogP contribution in [0.3, 0.4) is 0 Å². The van der Waals surface area contributed by atoms with Gasteiger partial charge >= 0.3 is 0 Å². The molecule has 0 spiro atoms. The third-order valence-corrected chi connectivity index (χ3v) is 6.30. The van der Waals surface area contributed by atoms with Crippen molar-refractivity contribution < 1.29 is 12.8 Å². The minimum atomic E-state index is -2.94. The molecule has 0 amide bonds. The number of benzene rings is 1. The smallest absolute Gasteiger partial charge is 0.154 e. The standard InChI is InChI=1S/C14H13FN4O2S/c15-8-1-2-10-11(5-8)19-14-12(10)13(17-7-18-14)16-6-9-3-4-22(9,20)21/h1-2,5,7,9H,3-4,6H2,(H2,16,17,18,19)/t9-/m1/s1. The summed E-state index contributed by atoms with van der Waals surface area (Å²) >= 11 is 0. The van der Waals surface area contributed by atoms with Crippen molar-refractivity contribution in [3.8, 4) is 0 Å². The first-order chi connectivity index (χ1) is 10.5. The van der Waals surface area contributed by atoms with E-state index in [1.807, 2.05) is 0 Å². The van der Waals surface area contributed by atoms with E-state index >= 15 is 0 Å². The number of anilines is 1. The maximum absolute atomic E-state index is 13.3. The molecule has 0 radical (unpaired) electrons. The maximum Gasteiger partial charge on any atom is 0.154 e. The summed E-state index contributed by atoms with van der Waals surface area (Å²) in [7, 11) is -2.94. The Hall–Kier alpha value is -2.22. The lowest BCUT2D eigenvalue weighted by Gasteiger charge is -2.26. The van der Waals surface area contributed by atoms with Gasteiger partial charge < -0.3 is 10.3 Å². The van der Waals surface area contributed by atoms with Crippen LogP contribution in [0.1, 0.15) is 6.42 Å². The van der Waals surface area contributed by atoms with Gasteiger partial charge in [0.05, 0.1) is 21.9 Å². The van der Waals surface area contributed by atoms with E-state index < -0.39 is 9.84 Å². The highest BCUT2D eigenvalue weighted by Crippen LogP contribution is 2.30. The molecule has 8 heteroatoms. The Morgan fingerprint density at radius 1 is 1.36 bits per heavy atom. The lowest BCUT2D eigenvalue weighted by Crippen LogP contribution is -2.41. The Kier molecular flexibility index (Phi) is 2.83. The van der Waals surface area contributed by atoms with Gasteiger partial charge in [-0.05, 0) is 24.6 Å². The van der Waals surface area contributed by atoms with Crippen molar-refractivity contribution in [1.82, 2.24) is 15.0 Å². The molecule has 1 aromatic carbocycles. The first-order valence-corrected chi connectivity index (χ1v) is 8.63. The van der Waals surface area contributed by atoms with Gasteiger partial charge in [-0.3, -0.25) is 0 Å². The van der Waals surface area contributed by atoms with Gasteiger partial charge in [-0.25, -0.2) is 22.8 Å². The molecule has 22 heavy (non-hydrogen) atoms. The molecule has 1 aliphatic rings. The van der Waals surface area contributed by atoms with E-state index in [4.69, 9.17) is 0 Å². The van der Waals surface area contributed by atoms with E-state index in [-0.39, 0.29) is 16.8 Å². The van der Waals surface area contributed by atoms with Gasteiger partial charge in [-0.15, -0.1) is 0 Å². The summed E-state index contributed by atoms with van der Waals surface area (Å²) in [6, 6.07) is 4.44. The van der Waals surface area contributed by atoms with Gasteiger partial charge in [0.2, 0.25) is 0 Å². The average Bonchev–Trinajstić information content (AvgIpc) is 2.84. The predicted octanol–water partition coefficient (Wildman–Crippen LogP) is 1.85. The van der Waals surface area contributed by atoms with E-state index in [1.54, 1.807) is 6.07 Å². The van der Waals surface area contributed by atoms with Crippen LogP contribution in [0.5, 0.6) is 0 Å². The van der Waals surface area contributed by atoms with Gasteiger partial charge in [-0.1, -0.05) is 0 Å². The molecule has 2 N–H and O–H groups in total. The van der Waals surface area contributed by atoms with Crippen molar-refractivity contribution >= 4 is 37.6 Å². The summed E-state index contributed by atoms with van der Waals surface area (Å²) in [6.07, 6.45) is 2.06. The molecule has 114 valence electrons. The third-order valence-electron chi connectivity index (χ3n) is 4.08. The summed E-state index contributed by atoms with van der Waals surface area (Å²) in [5, 5.41) is 4.28. The largest absolute Gasteiger partial charge is 0.368 e. The molecule has 0 saturated carbocycles. The fourth-order valence-electron chi connectivity index (χ4n) is 2.75. The van der Waals surface area contributed by atoms with Crippen molar-refractivity contribution in [2.75, 3.05) is 17.6 Å². The van der Waals surface area contributed by atoms with Crippen LogP contribution in [-0.4, -0.2) is 40.9 Å². The predicted molar refractivity (Wildman–Crippen MR) is 82.0 cm³/mol. The number of nitrogens with one attached hydrogen (secondary N) is 2. The van der Waals surface area contributed by atoms with Gasteiger partial charge in [-0.2, -0.15) is 0 Å². The number of aromatic amines is 1. The zero-order chi connectivity index (χ0) is 15.3. The highest BCUT2D eigenvalue weighted by molar-refractivity contribution is 7.93. The van der Waals surface area contributed by atoms with E-state index in [9.17, 15) is 12.8 Å². The number of halogens is 1. The van der Waals surface area contributed by atoms with Crippen molar-refractivity contribution in [2.24, 2.45) is 0 Å². The normalized spacial score (nSPS) is 20.1. The molecular formula is C14H13FN4O2S. The van der Waals surface area contributed by atoms with Crippen LogP contribution in [0.15, 0.2) is 24.5 Å². The van der Waals surface area contributed by atoms with Gasteiger partial charge in [0.25, 0.3) is 0 Å². The molecule has 0 aliphatic carbocycles. The van der Waals surface area contributed by atoms with Crippen LogP contribution >= 0.6 is 0 Å². The minimum Gasteiger partial charge on any atom is -0.368 e. The Balaban J connectivity index is 1.75. The first-order valence-electron chi connectivity index (χ1n) is 6.92. The second-order valence-corrected chi connectivity index (χ2v) is 7.82. The molecule has 3 aromatic rings. The number of fused-ring (bicyclic) bond motifs is 3. The number of nitrogens with zero attached hydrogens (tertiary/aromatic N) is 2. The van der Waals surface area contributed by atoms with Gasteiger partial charge in [0.1, 0.15) is 23.6 Å². The topological polar surface area (TPSA) is 87.7 Å². The van der Waals surface area contributed by atoms with E-state index in [1.165, 1.54) is 18.5 Å². The number of hydrogen-bond acceptors (Lipinski definition) is 5. The van der Waals surface area contributed by atoms with Crippen molar-refractivity contribution in [1.29, 1.82) is 0 Å². The zero-order valence-corrected chi connectivity index (χ0v) is 12.3. The fraction of sp³-hybridized carbons (Fsp3) is 0.286. The van der Waals surface area contributed by atoms with Crippen LogP contribution in [0, 0.1) is 5.82 Å². The number of aromatic nitrogens is 3. The lowest BCUT2D eigenvalue weighted by molar-refractivity contribution is 0.552. The summed E-state index contributed by atoms with van der Waals surface area (Å²) in [4.78, 5) is 11.4. The molecule has 0 bridgehead atoms. The van der Waals surface area contributed by atoms with Gasteiger partial charge in [0.15, 0.2) is 9.84 Å². The molecule has 1 aliphatic heterocycles. The van der Waals surface area contributed by atoms with Crippen LogP contribution < -0.4 is 5.32 Å². The monoisotopic (exact) mass is 320 g/mol. The molecule has 6 nitrogen and oxygen atoms in total. The Morgan fingerprint density at radius 3 is 2.95 bits per heavy atom. The quantitative estimate of drug-likeness (QED) is 0.769. The fourth-order valence-corrected chi connectivity index (χ4v) is 4.04. The Labute approximate surface area is 125 Å². The van der Waals surface area contributed by atoms with Crippen LogP contribution in [-0.2, 0) is 9.84 Å². The molecular weight excluding hydrogens is 307 g/mol. The second-order valence-electron chi connectivity index (χ2n) is 5.42. The summed E-state index contributed by atoms with van der Waals surface area (Å²) in [5.41, 5.74) is 1.23. The molecule has 1 atom stereocenters. The Morgan fingerprint density at radius 2 is 2.23 bits per heavy atom. The summed E-state index contributed by atoms with van der Waals surface area (Å²) < 4.78 is 36.5. The van der Waals surface area contributed by atoms with Crippen LogP contribution in [0.25, 0.3) is 21.9 Å². The zero-order valence-electron chi connectivity index (χ0n) is 11.5. The SMILES string of the molecule is O=S1(=O)CC[C@@H]1CNc1ncnc2[nH]c3cc(F)ccc3c12. The number of hydrogen-bond donors (Lipinski definition) is 2. The van der Waals surface area contributed by atoms with E-state index in [0.717, 1.165) is 10.8 Å². The highest BCUT2D eigenvalue weighted by Gasteiger charge is 2.35. The van der Waals surface area contributed by atoms with E-state index in [0.29, 0.717) is 29.9 Å². The van der Waals surface area contributed by atoms with Crippen molar-refractivity contribution in [3.63, 3.8) is 0 Å². The molecule has 2 aromatic heterocycles. The van der Waals surface area contributed by atoms with Crippen molar-refractivity contribution in [3.05, 3.63) is 30.3 Å². The molecule has 0 unspecified atom stereocenters. The summed E-state index contributed by atoms with van der Waals surface area (Å²) in [5.74, 6) is 0.484. The number of sulfone groups is 1. The third kappa shape index (κ3) is 2.02. The Bertz CT molecular complexity index is 983. The number of H-pyrrole nitrogens is 1.